The van der Waals surface area contributed by atoms with Crippen molar-refractivity contribution < 1.29 is 41.0 Å². The molecule has 0 amide bonds. The Morgan fingerprint density at radius 2 is 0.667 bits per heavy atom. The molecule has 0 spiro atoms. The van der Waals surface area contributed by atoms with E-state index in [-0.39, 0.29) is 29.7 Å². The van der Waals surface area contributed by atoms with E-state index in [1.807, 2.05) is 0 Å². The molecule has 782 valence electrons. The van der Waals surface area contributed by atoms with E-state index in [1.54, 1.807) is 5.82 Å². The summed E-state index contributed by atoms with van der Waals surface area (Å²) in [4.78, 5) is 0. The number of hydrogen-bond acceptors (Lipinski definition) is 0. The van der Waals surface area contributed by atoms with Crippen LogP contribution in [0.4, 0.5) is 0 Å². The Morgan fingerprint density at radius 1 is 0.278 bits per heavy atom. The van der Waals surface area contributed by atoms with Crippen LogP contribution in [0.25, 0.3) is 76.3 Å². The molecule has 8 aromatic heterocycles. The Morgan fingerprint density at radius 3 is 1.17 bits per heavy atom. The van der Waals surface area contributed by atoms with Crippen LogP contribution in [-0.2, 0) is 13.0 Å². The monoisotopic (exact) mass is 1950 g/mol. The molecule has 1 fully saturated rings. The number of nitrogens with zero attached hydrogens (tertiary/aromatic N) is 10. The molecular weight excluding hydrogens is 1750 g/mol. The van der Waals surface area contributed by atoms with Gasteiger partial charge in [-0.25, -0.2) is 9.13 Å². The van der Waals surface area contributed by atoms with E-state index in [1.165, 1.54) is 177 Å². The maximum Gasteiger partial charge on any atom is 0.256 e. The molecule has 0 unspecified atom stereocenters. The first-order chi connectivity index (χ1) is 66.3. The fourth-order valence-electron chi connectivity index (χ4n) is 20.1. The van der Waals surface area contributed by atoms with Crippen LogP contribution in [0.5, 0.6) is 0 Å². The highest BCUT2D eigenvalue weighted by Gasteiger charge is 2.35. The number of para-hydroxylation sites is 4. The lowest BCUT2D eigenvalue weighted by molar-refractivity contribution is -0.935. The van der Waals surface area contributed by atoms with Crippen LogP contribution in [0.15, 0.2) is 262 Å². The second kappa shape index (κ2) is 57.6. The number of fused-ring (bicyclic) bond motifs is 8. The van der Waals surface area contributed by atoms with E-state index in [2.05, 4.69) is 559 Å². The first-order valence-electron chi connectivity index (χ1n) is 54.3. The quantitative estimate of drug-likeness (QED) is 0.0606. The average molecular weight is 1960 g/mol. The summed E-state index contributed by atoms with van der Waals surface area (Å²) in [5.74, 6) is 8.10. The fraction of sp³-hybridized carbons (Fsp3) is 0.507. The molecule has 1 saturated heterocycles. The number of hydrogen-bond donors (Lipinski definition) is 0. The van der Waals surface area contributed by atoms with Gasteiger partial charge in [0.2, 0.25) is 38.6 Å². The third-order valence-corrected chi connectivity index (χ3v) is 29.0. The minimum atomic E-state index is 0. The second-order valence-electron chi connectivity index (χ2n) is 45.6. The Labute approximate surface area is 879 Å². The number of aromatic nitrogens is 9. The summed E-state index contributed by atoms with van der Waals surface area (Å²) in [7, 11) is 2.42. The van der Waals surface area contributed by atoms with E-state index in [9.17, 15) is 0 Å². The lowest BCUT2D eigenvalue weighted by Gasteiger charge is -2.44. The maximum atomic E-state index is 2.55. The van der Waals surface area contributed by atoms with Gasteiger partial charge in [-0.05, 0) is 293 Å². The first-order valence-corrected chi connectivity index (χ1v) is 54.3. The lowest BCUT2D eigenvalue weighted by atomic mass is 9.85. The fourth-order valence-corrected chi connectivity index (χ4v) is 20.1. The summed E-state index contributed by atoms with van der Waals surface area (Å²) in [6, 6.07) is 83.9. The lowest BCUT2D eigenvalue weighted by Crippen LogP contribution is -2.54. The van der Waals surface area contributed by atoms with Gasteiger partial charge in [-0.2, -0.15) is 32.0 Å². The van der Waals surface area contributed by atoms with Gasteiger partial charge in [0.1, 0.15) is 11.9 Å². The second-order valence-corrected chi connectivity index (χ2v) is 45.6. The summed E-state index contributed by atoms with van der Waals surface area (Å²) in [6.45, 7) is 85.3. The number of likely N-dealkylation sites (tertiary alicyclic amines) is 1. The maximum absolute atomic E-state index is 2.55. The highest BCUT2D eigenvalue weighted by molar-refractivity contribution is 5.83. The van der Waals surface area contributed by atoms with Gasteiger partial charge in [0.25, 0.3) is 5.82 Å². The van der Waals surface area contributed by atoms with Crippen LogP contribution in [0.2, 0.25) is 0 Å². The molecule has 15 aromatic rings. The number of imidazole rings is 1. The van der Waals surface area contributed by atoms with Gasteiger partial charge in [0.15, 0.2) is 85.2 Å². The van der Waals surface area contributed by atoms with Gasteiger partial charge in [0, 0.05) is 140 Å². The predicted octanol–water partition coefficient (Wildman–Crippen LogP) is 35.1. The van der Waals surface area contributed by atoms with Crippen molar-refractivity contribution in [3.05, 3.63) is 312 Å². The minimum Gasteiger partial charge on any atom is -0.324 e. The van der Waals surface area contributed by atoms with Crippen molar-refractivity contribution in [3.63, 3.8) is 0 Å². The van der Waals surface area contributed by atoms with Crippen molar-refractivity contribution in [3.8, 4) is 0 Å². The Kier molecular flexibility index (Phi) is 49.6. The molecule has 7 aromatic carbocycles. The zero-order valence-electron chi connectivity index (χ0n) is 94.4. The Bertz CT molecular complexity index is 6110. The Hall–Kier alpha value is -10.4. The summed E-state index contributed by atoms with van der Waals surface area (Å²) < 4.78 is 22.8. The molecule has 0 N–H and O–H groups in total. The van der Waals surface area contributed by atoms with Crippen LogP contribution in [-0.4, -0.2) is 35.2 Å². The molecule has 0 aliphatic carbocycles. The van der Waals surface area contributed by atoms with Crippen molar-refractivity contribution in [1.29, 1.82) is 0 Å². The molecule has 0 radical (unpaired) electrons. The van der Waals surface area contributed by atoms with Gasteiger partial charge in [-0.3, -0.25) is 0 Å². The van der Waals surface area contributed by atoms with Crippen molar-refractivity contribution in [1.82, 2.24) is 4.57 Å². The zero-order chi connectivity index (χ0) is 103. The topological polar surface area (TPSA) is 36.0 Å². The van der Waals surface area contributed by atoms with E-state index in [0.29, 0.717) is 95.7 Å². The van der Waals surface area contributed by atoms with Gasteiger partial charge in [-0.15, -0.1) is 0 Å². The number of pyridine rings is 7. The standard InChI is InChI=1S/7C15H20N.C13H23N2.C12H26N.4CH4/c1-11(2)13-7-5-9-15-14(13)8-6-10-16(15)12(3)4;1-11(2)14-9-5-7-13-8-6-10-16(12(3)4)15(13)14;1-11(2)13-7-8-15-14(10-13)6-5-9-16(15)12(3)4;1-11(2)14-8-7-13-6-5-9-16(12(3)4)15(13)10-14;1-11(2)14-9-13-7-5-6-8-15(13)16(10-14)12(3)4;1-11(2)13-9-10-16(12(3)4)15-8-6-5-7-14(13)15;1-11(2)14-10-9-13-7-5-6-8-15(13)16(14)12(3)4;1-10(2)12-9-15(11(3)4)13-7-5-6-8-14(12)13;1-10(2)12-6-8-13(5,9-7-12)11(3)4;;;;/h7*5-12H,1-4H3;9-11H,5-8H2,1-4H3;10-12H,6-9H2,1-5H3;4*1H4/q9*+1;;;;. The number of quaternary nitrogens is 1. The molecule has 17 rings (SSSR count). The highest BCUT2D eigenvalue weighted by Crippen LogP contribution is 2.33. The molecule has 2 aliphatic rings. The van der Waals surface area contributed by atoms with Crippen molar-refractivity contribution in [2.45, 2.75) is 419 Å². The molecule has 0 atom stereocenters. The van der Waals surface area contributed by atoms with Crippen molar-refractivity contribution in [2.24, 2.45) is 11.8 Å². The molecule has 0 saturated carbocycles. The predicted molar refractivity (Wildman–Crippen MR) is 628 cm³/mol. The van der Waals surface area contributed by atoms with Crippen LogP contribution in [0.3, 0.4) is 0 Å². The molecule has 0 bridgehead atoms. The minimum absolute atomic E-state index is 0. The van der Waals surface area contributed by atoms with Crippen LogP contribution >= 0.6 is 0 Å². The highest BCUT2D eigenvalue weighted by atomic mass is 15.4. The van der Waals surface area contributed by atoms with E-state index in [0.717, 1.165) is 17.9 Å². The third-order valence-electron chi connectivity index (χ3n) is 29.0. The normalized spacial score (nSPS) is 14.0. The average Bonchev–Trinajstić information content (AvgIpc) is 1.53. The SMILES string of the molecule is C.C.C.C.CC(C)C1CC[N+](C)(C(C)C)CC1.CC(C)c1c[n+](C(C)C)c2n1CCCC2.CC(C)c1cc2ccccc2[n+](C(C)C)c1.CC(C)c1cc[n+](C(C)C)c2ccccc12.CC(C)c1ccc2c(ccc[n+]2C(C)C)c1.CC(C)c1ccc2ccc[n+](C(C)C)c2c1.CC(C)c1ccc2ccccc2[n+]1C(C)C.CC(C)c1cccc2c1ccc[n+]2C(C)C.CC(C)c1cccc2ccc[n+](C(C)C)c12. The molecule has 2 aliphatic heterocycles. The zero-order valence-corrected chi connectivity index (χ0v) is 94.4. The van der Waals surface area contributed by atoms with Gasteiger partial charge in [0.05, 0.1) is 38.8 Å². The van der Waals surface area contributed by atoms with Gasteiger partial charge < -0.3 is 4.48 Å². The van der Waals surface area contributed by atoms with Crippen LogP contribution in [0.1, 0.15) is 451 Å². The third kappa shape index (κ3) is 32.3. The number of benzene rings is 7. The van der Waals surface area contributed by atoms with Crippen molar-refractivity contribution in [2.75, 3.05) is 20.1 Å². The molecule has 10 heteroatoms. The van der Waals surface area contributed by atoms with Crippen LogP contribution < -0.4 is 36.5 Å². The van der Waals surface area contributed by atoms with Gasteiger partial charge in [-0.1, -0.05) is 227 Å². The molecule has 10 heterocycles. The van der Waals surface area contributed by atoms with E-state index >= 15 is 0 Å². The van der Waals surface area contributed by atoms with E-state index in [4.69, 9.17) is 0 Å². The summed E-state index contributed by atoms with van der Waals surface area (Å²) in [6.07, 6.45) is 22.4. The molecule has 144 heavy (non-hydrogen) atoms. The molecular formula is C134H205N10+9. The summed E-state index contributed by atoms with van der Waals surface area (Å²) in [5, 5.41) is 9.41. The van der Waals surface area contributed by atoms with Gasteiger partial charge >= 0.3 is 0 Å². The summed E-state index contributed by atoms with van der Waals surface area (Å²) in [5.41, 5.74) is 20.8. The van der Waals surface area contributed by atoms with Crippen molar-refractivity contribution >= 4 is 76.3 Å². The molecule has 10 nitrogen and oxygen atoms in total. The smallest absolute Gasteiger partial charge is 0.256 e. The number of piperidine rings is 1. The largest absolute Gasteiger partial charge is 0.324 e. The summed E-state index contributed by atoms with van der Waals surface area (Å²) >= 11 is 0. The Balaban J connectivity index is 0.000000284. The number of rotatable bonds is 18. The van der Waals surface area contributed by atoms with E-state index < -0.39 is 0 Å². The first kappa shape index (κ1) is 124. The van der Waals surface area contributed by atoms with Crippen LogP contribution in [0, 0.1) is 11.8 Å².